The van der Waals surface area contributed by atoms with Gasteiger partial charge in [0.05, 0.1) is 5.69 Å². The summed E-state index contributed by atoms with van der Waals surface area (Å²) in [5, 5.41) is 0. The summed E-state index contributed by atoms with van der Waals surface area (Å²) < 4.78 is 0. The first-order valence-corrected chi connectivity index (χ1v) is 6.76. The molecule has 0 aliphatic carbocycles. The number of anilines is 1. The van der Waals surface area contributed by atoms with Gasteiger partial charge in [-0.2, -0.15) is 0 Å². The lowest BCUT2D eigenvalue weighted by Gasteiger charge is -2.17. The van der Waals surface area contributed by atoms with E-state index < -0.39 is 0 Å². The van der Waals surface area contributed by atoms with Crippen LogP contribution in [-0.4, -0.2) is 19.2 Å². The normalized spacial score (nSPS) is 9.93. The summed E-state index contributed by atoms with van der Waals surface area (Å²) in [5.41, 5.74) is 0.972. The number of hydrogen-bond donors (Lipinski definition) is 0. The van der Waals surface area contributed by atoms with E-state index >= 15 is 0 Å². The molecule has 0 saturated heterocycles. The van der Waals surface area contributed by atoms with Crippen LogP contribution < -0.4 is 4.90 Å². The average Bonchev–Trinajstić information content (AvgIpc) is 2.18. The van der Waals surface area contributed by atoms with Crippen molar-refractivity contribution < 1.29 is 4.79 Å². The maximum atomic E-state index is 11.2. The van der Waals surface area contributed by atoms with Crippen LogP contribution in [0, 0.1) is 0 Å². The van der Waals surface area contributed by atoms with E-state index in [4.69, 9.17) is 0 Å². The van der Waals surface area contributed by atoms with Crippen molar-refractivity contribution in [1.29, 1.82) is 0 Å². The summed E-state index contributed by atoms with van der Waals surface area (Å²) in [6, 6.07) is 7.91. The number of carbonyl (C=O) groups excluding carboxylic acids is 1. The molecule has 0 N–H and O–H groups in total. The van der Waals surface area contributed by atoms with Crippen LogP contribution in [0.1, 0.15) is 6.92 Å². The molecular weight excluding hydrogens is 214 g/mol. The highest BCUT2D eigenvalue weighted by atomic mass is 33.1. The zero-order valence-electron chi connectivity index (χ0n) is 8.48. The Morgan fingerprint density at radius 2 is 2.00 bits per heavy atom. The Bertz CT molecular complexity index is 328. The monoisotopic (exact) mass is 227 g/mol. The van der Waals surface area contributed by atoms with Crippen molar-refractivity contribution in [2.24, 2.45) is 0 Å². The molecule has 0 spiro atoms. The summed E-state index contributed by atoms with van der Waals surface area (Å²) in [4.78, 5) is 14.0. The number of nitrogens with zero attached hydrogens (tertiary/aromatic N) is 1. The molecule has 0 radical (unpaired) electrons. The third-order valence-corrected chi connectivity index (χ3v) is 3.60. The molecule has 14 heavy (non-hydrogen) atoms. The van der Waals surface area contributed by atoms with E-state index in [2.05, 4.69) is 0 Å². The second kappa shape index (κ2) is 5.32. The Morgan fingerprint density at radius 1 is 1.36 bits per heavy atom. The molecule has 0 bridgehead atoms. The number of carbonyl (C=O) groups is 1. The Hall–Kier alpha value is -0.610. The molecule has 1 aromatic carbocycles. The van der Waals surface area contributed by atoms with Gasteiger partial charge in [0.1, 0.15) is 0 Å². The van der Waals surface area contributed by atoms with Crippen molar-refractivity contribution in [3.8, 4) is 0 Å². The standard InChI is InChI=1S/C10H13NOS2/c1-8(12)11(2)9-6-4-5-7-10(9)14-13-3/h4-7H,1-3H3. The minimum absolute atomic E-state index is 0.0548. The fourth-order valence-corrected chi connectivity index (χ4v) is 2.63. The molecule has 4 heteroatoms. The molecule has 1 aromatic rings. The van der Waals surface area contributed by atoms with E-state index in [9.17, 15) is 4.79 Å². The minimum atomic E-state index is 0.0548. The number of amides is 1. The van der Waals surface area contributed by atoms with E-state index in [1.807, 2.05) is 30.5 Å². The lowest BCUT2D eigenvalue weighted by Crippen LogP contribution is -2.23. The Morgan fingerprint density at radius 3 is 2.57 bits per heavy atom. The van der Waals surface area contributed by atoms with Crippen LogP contribution in [0.3, 0.4) is 0 Å². The van der Waals surface area contributed by atoms with Gasteiger partial charge < -0.3 is 4.90 Å². The maximum Gasteiger partial charge on any atom is 0.223 e. The number of hydrogen-bond acceptors (Lipinski definition) is 3. The fourth-order valence-electron chi connectivity index (χ4n) is 1.06. The van der Waals surface area contributed by atoms with E-state index in [1.54, 1.807) is 40.5 Å². The molecule has 2 nitrogen and oxygen atoms in total. The molecule has 1 amide bonds. The van der Waals surface area contributed by atoms with Crippen LogP contribution in [0.2, 0.25) is 0 Å². The largest absolute Gasteiger partial charge is 0.315 e. The summed E-state index contributed by atoms with van der Waals surface area (Å²) in [5.74, 6) is 0.0548. The Kier molecular flexibility index (Phi) is 4.35. The zero-order chi connectivity index (χ0) is 10.6. The van der Waals surface area contributed by atoms with Crippen molar-refractivity contribution in [2.45, 2.75) is 11.8 Å². The molecule has 0 saturated carbocycles. The predicted molar refractivity (Wildman–Crippen MR) is 64.9 cm³/mol. The SMILES string of the molecule is CSSc1ccccc1N(C)C(C)=O. The van der Waals surface area contributed by atoms with Gasteiger partial charge in [-0.15, -0.1) is 0 Å². The highest BCUT2D eigenvalue weighted by Gasteiger charge is 2.09. The van der Waals surface area contributed by atoms with Gasteiger partial charge >= 0.3 is 0 Å². The van der Waals surface area contributed by atoms with Crippen molar-refractivity contribution in [3.63, 3.8) is 0 Å². The zero-order valence-corrected chi connectivity index (χ0v) is 10.1. The van der Waals surface area contributed by atoms with E-state index in [1.165, 1.54) is 0 Å². The average molecular weight is 227 g/mol. The highest BCUT2D eigenvalue weighted by Crippen LogP contribution is 2.35. The maximum absolute atomic E-state index is 11.2. The Labute approximate surface area is 92.5 Å². The molecule has 0 aliphatic heterocycles. The van der Waals surface area contributed by atoms with Crippen molar-refractivity contribution in [1.82, 2.24) is 0 Å². The third kappa shape index (κ3) is 2.69. The van der Waals surface area contributed by atoms with Crippen LogP contribution >= 0.6 is 21.6 Å². The van der Waals surface area contributed by atoms with E-state index in [0.29, 0.717) is 0 Å². The van der Waals surface area contributed by atoms with E-state index in [0.717, 1.165) is 10.6 Å². The van der Waals surface area contributed by atoms with Gasteiger partial charge in [0.25, 0.3) is 0 Å². The molecule has 0 unspecified atom stereocenters. The summed E-state index contributed by atoms with van der Waals surface area (Å²) in [7, 11) is 5.14. The third-order valence-electron chi connectivity index (χ3n) is 1.87. The first kappa shape index (κ1) is 11.5. The van der Waals surface area contributed by atoms with Crippen LogP contribution in [0.25, 0.3) is 0 Å². The lowest BCUT2D eigenvalue weighted by atomic mass is 10.3. The second-order valence-electron chi connectivity index (χ2n) is 2.80. The summed E-state index contributed by atoms with van der Waals surface area (Å²) >= 11 is 0. The first-order valence-electron chi connectivity index (χ1n) is 4.20. The lowest BCUT2D eigenvalue weighted by molar-refractivity contribution is -0.116. The van der Waals surface area contributed by atoms with Crippen LogP contribution in [-0.2, 0) is 4.79 Å². The number of benzene rings is 1. The number of para-hydroxylation sites is 1. The minimum Gasteiger partial charge on any atom is -0.315 e. The quantitative estimate of drug-likeness (QED) is 0.740. The molecule has 0 aromatic heterocycles. The molecule has 76 valence electrons. The molecule has 0 atom stereocenters. The van der Waals surface area contributed by atoms with Gasteiger partial charge in [-0.1, -0.05) is 33.7 Å². The smallest absolute Gasteiger partial charge is 0.223 e. The summed E-state index contributed by atoms with van der Waals surface area (Å²) in [6.07, 6.45) is 2.02. The fraction of sp³-hybridized carbons (Fsp3) is 0.300. The van der Waals surface area contributed by atoms with Gasteiger partial charge in [0.15, 0.2) is 0 Å². The Balaban J connectivity index is 3.00. The van der Waals surface area contributed by atoms with Gasteiger partial charge in [0.2, 0.25) is 5.91 Å². The van der Waals surface area contributed by atoms with Gasteiger partial charge in [-0.25, -0.2) is 0 Å². The molecule has 0 aliphatic rings. The second-order valence-corrected chi connectivity index (χ2v) is 5.24. The molecule has 0 heterocycles. The molecule has 1 rings (SSSR count). The topological polar surface area (TPSA) is 20.3 Å². The molecular formula is C10H13NOS2. The van der Waals surface area contributed by atoms with Crippen molar-refractivity contribution in [2.75, 3.05) is 18.2 Å². The van der Waals surface area contributed by atoms with Gasteiger partial charge in [0, 0.05) is 18.9 Å². The predicted octanol–water partition coefficient (Wildman–Crippen LogP) is 3.04. The van der Waals surface area contributed by atoms with Crippen LogP contribution in [0.4, 0.5) is 5.69 Å². The highest BCUT2D eigenvalue weighted by molar-refractivity contribution is 8.76. The van der Waals surface area contributed by atoms with Crippen LogP contribution in [0.5, 0.6) is 0 Å². The van der Waals surface area contributed by atoms with Gasteiger partial charge in [-0.05, 0) is 18.4 Å². The first-order chi connectivity index (χ1) is 6.66. The van der Waals surface area contributed by atoms with Crippen molar-refractivity contribution in [3.05, 3.63) is 24.3 Å². The van der Waals surface area contributed by atoms with Crippen molar-refractivity contribution >= 4 is 33.2 Å². The number of rotatable bonds is 3. The van der Waals surface area contributed by atoms with Crippen LogP contribution in [0.15, 0.2) is 29.2 Å². The van der Waals surface area contributed by atoms with E-state index in [-0.39, 0.29) is 5.91 Å². The molecule has 0 fully saturated rings. The summed E-state index contributed by atoms with van der Waals surface area (Å²) in [6.45, 7) is 1.57. The van der Waals surface area contributed by atoms with Gasteiger partial charge in [-0.3, -0.25) is 4.79 Å².